The molecule has 0 spiro atoms. The zero-order chi connectivity index (χ0) is 14.3. The summed E-state index contributed by atoms with van der Waals surface area (Å²) < 4.78 is 5.83. The van der Waals surface area contributed by atoms with Crippen molar-refractivity contribution in [2.75, 3.05) is 26.3 Å². The largest absolute Gasteiger partial charge is 0.396 e. The SMILES string of the molecule is CC1CCCCC1OCC(O)CNCC(C)(C)CO. The van der Waals surface area contributed by atoms with Crippen molar-refractivity contribution in [1.82, 2.24) is 5.32 Å². The van der Waals surface area contributed by atoms with E-state index in [1.807, 2.05) is 13.8 Å². The molecule has 0 aliphatic heterocycles. The molecule has 1 aliphatic rings. The van der Waals surface area contributed by atoms with Gasteiger partial charge in [-0.1, -0.05) is 33.6 Å². The monoisotopic (exact) mass is 273 g/mol. The summed E-state index contributed by atoms with van der Waals surface area (Å²) in [5, 5.41) is 22.2. The number of aliphatic hydroxyl groups is 2. The Balaban J connectivity index is 2.12. The van der Waals surface area contributed by atoms with Gasteiger partial charge in [0.1, 0.15) is 0 Å². The number of ether oxygens (including phenoxy) is 1. The first-order valence-electron chi connectivity index (χ1n) is 7.56. The molecule has 0 radical (unpaired) electrons. The van der Waals surface area contributed by atoms with Crippen LogP contribution in [0.2, 0.25) is 0 Å². The van der Waals surface area contributed by atoms with Gasteiger partial charge < -0.3 is 20.3 Å². The van der Waals surface area contributed by atoms with E-state index in [0.29, 0.717) is 31.7 Å². The van der Waals surface area contributed by atoms with E-state index < -0.39 is 6.10 Å². The smallest absolute Gasteiger partial charge is 0.0897 e. The first-order chi connectivity index (χ1) is 8.94. The van der Waals surface area contributed by atoms with Gasteiger partial charge in [0, 0.05) is 25.1 Å². The average Bonchev–Trinajstić information content (AvgIpc) is 2.37. The van der Waals surface area contributed by atoms with Gasteiger partial charge >= 0.3 is 0 Å². The van der Waals surface area contributed by atoms with Crippen molar-refractivity contribution >= 4 is 0 Å². The van der Waals surface area contributed by atoms with Crippen molar-refractivity contribution in [3.63, 3.8) is 0 Å². The van der Waals surface area contributed by atoms with E-state index in [1.165, 1.54) is 19.3 Å². The lowest BCUT2D eigenvalue weighted by Crippen LogP contribution is -2.39. The van der Waals surface area contributed by atoms with Gasteiger partial charge in [0.25, 0.3) is 0 Å². The van der Waals surface area contributed by atoms with E-state index in [9.17, 15) is 5.11 Å². The summed E-state index contributed by atoms with van der Waals surface area (Å²) in [6, 6.07) is 0. The summed E-state index contributed by atoms with van der Waals surface area (Å²) in [6.45, 7) is 7.98. The van der Waals surface area contributed by atoms with E-state index in [2.05, 4.69) is 12.2 Å². The maximum atomic E-state index is 9.89. The topological polar surface area (TPSA) is 61.7 Å². The van der Waals surface area contributed by atoms with Crippen LogP contribution >= 0.6 is 0 Å². The van der Waals surface area contributed by atoms with E-state index in [4.69, 9.17) is 9.84 Å². The van der Waals surface area contributed by atoms with Gasteiger partial charge in [0.2, 0.25) is 0 Å². The maximum Gasteiger partial charge on any atom is 0.0897 e. The fourth-order valence-electron chi connectivity index (χ4n) is 2.46. The summed E-state index contributed by atoms with van der Waals surface area (Å²) in [4.78, 5) is 0. The molecule has 4 nitrogen and oxygen atoms in total. The molecule has 0 aromatic carbocycles. The molecule has 3 unspecified atom stereocenters. The quantitative estimate of drug-likeness (QED) is 0.628. The molecule has 0 aromatic rings. The van der Waals surface area contributed by atoms with E-state index in [-0.39, 0.29) is 12.0 Å². The van der Waals surface area contributed by atoms with Gasteiger partial charge in [-0.2, -0.15) is 0 Å². The summed E-state index contributed by atoms with van der Waals surface area (Å²) >= 11 is 0. The molecule has 114 valence electrons. The third kappa shape index (κ3) is 6.70. The molecule has 1 aliphatic carbocycles. The lowest BCUT2D eigenvalue weighted by molar-refractivity contribution is -0.0456. The van der Waals surface area contributed by atoms with Crippen LogP contribution in [0.1, 0.15) is 46.5 Å². The molecular weight excluding hydrogens is 242 g/mol. The molecule has 1 saturated carbocycles. The van der Waals surface area contributed by atoms with Crippen LogP contribution in [-0.4, -0.2) is 48.7 Å². The first-order valence-corrected chi connectivity index (χ1v) is 7.56. The van der Waals surface area contributed by atoms with Gasteiger partial charge in [0.05, 0.1) is 18.8 Å². The van der Waals surface area contributed by atoms with Crippen LogP contribution in [0.15, 0.2) is 0 Å². The summed E-state index contributed by atoms with van der Waals surface area (Å²) in [5.41, 5.74) is -0.140. The second-order valence-corrected chi connectivity index (χ2v) is 6.74. The minimum absolute atomic E-state index is 0.140. The minimum atomic E-state index is -0.469. The van der Waals surface area contributed by atoms with Crippen molar-refractivity contribution in [3.8, 4) is 0 Å². The molecule has 3 atom stereocenters. The van der Waals surface area contributed by atoms with Crippen molar-refractivity contribution in [2.45, 2.75) is 58.7 Å². The number of hydrogen-bond acceptors (Lipinski definition) is 4. The molecule has 0 bridgehead atoms. The first kappa shape index (κ1) is 16.9. The van der Waals surface area contributed by atoms with Crippen molar-refractivity contribution in [1.29, 1.82) is 0 Å². The summed E-state index contributed by atoms with van der Waals surface area (Å²) in [5.74, 6) is 0.613. The van der Waals surface area contributed by atoms with Crippen molar-refractivity contribution in [3.05, 3.63) is 0 Å². The lowest BCUT2D eigenvalue weighted by Gasteiger charge is -2.29. The van der Waals surface area contributed by atoms with Gasteiger partial charge in [-0.25, -0.2) is 0 Å². The second kappa shape index (κ2) is 8.20. The Morgan fingerprint density at radius 3 is 2.63 bits per heavy atom. The highest BCUT2D eigenvalue weighted by Gasteiger charge is 2.23. The molecule has 0 amide bonds. The number of aliphatic hydroxyl groups excluding tert-OH is 2. The van der Waals surface area contributed by atoms with E-state index in [0.717, 1.165) is 6.42 Å². The van der Waals surface area contributed by atoms with Crippen LogP contribution < -0.4 is 5.32 Å². The Morgan fingerprint density at radius 1 is 1.32 bits per heavy atom. The molecule has 0 saturated heterocycles. The van der Waals surface area contributed by atoms with Crippen LogP contribution in [0.5, 0.6) is 0 Å². The zero-order valence-electron chi connectivity index (χ0n) is 12.7. The third-order valence-corrected chi connectivity index (χ3v) is 3.95. The summed E-state index contributed by atoms with van der Waals surface area (Å²) in [6.07, 6.45) is 4.76. The minimum Gasteiger partial charge on any atom is -0.396 e. The fraction of sp³-hybridized carbons (Fsp3) is 1.00. The molecule has 0 aromatic heterocycles. The van der Waals surface area contributed by atoms with Crippen LogP contribution in [0, 0.1) is 11.3 Å². The molecular formula is C15H31NO3. The molecule has 1 rings (SSSR count). The van der Waals surface area contributed by atoms with Gasteiger partial charge in [-0.15, -0.1) is 0 Å². The molecule has 0 heterocycles. The number of hydrogen-bond donors (Lipinski definition) is 3. The highest BCUT2D eigenvalue weighted by Crippen LogP contribution is 2.26. The maximum absolute atomic E-state index is 9.89. The lowest BCUT2D eigenvalue weighted by atomic mass is 9.88. The standard InChI is InChI=1S/C15H31NO3/c1-12-6-4-5-7-14(12)19-9-13(18)8-16-10-15(2,3)11-17/h12-14,16-18H,4-11H2,1-3H3. The van der Waals surface area contributed by atoms with Crippen LogP contribution in [0.3, 0.4) is 0 Å². The highest BCUT2D eigenvalue weighted by molar-refractivity contribution is 4.74. The Bertz CT molecular complexity index is 246. The second-order valence-electron chi connectivity index (χ2n) is 6.74. The number of nitrogens with one attached hydrogen (secondary N) is 1. The molecule has 4 heteroatoms. The van der Waals surface area contributed by atoms with E-state index >= 15 is 0 Å². The average molecular weight is 273 g/mol. The van der Waals surface area contributed by atoms with Gasteiger partial charge in [-0.3, -0.25) is 0 Å². The Kier molecular flexibility index (Phi) is 7.29. The zero-order valence-corrected chi connectivity index (χ0v) is 12.7. The fourth-order valence-corrected chi connectivity index (χ4v) is 2.46. The molecule has 3 N–H and O–H groups in total. The summed E-state index contributed by atoms with van der Waals surface area (Å²) in [7, 11) is 0. The van der Waals surface area contributed by atoms with E-state index in [1.54, 1.807) is 0 Å². The normalized spacial score (nSPS) is 26.4. The van der Waals surface area contributed by atoms with Crippen LogP contribution in [0.25, 0.3) is 0 Å². The van der Waals surface area contributed by atoms with Gasteiger partial charge in [-0.05, 0) is 18.8 Å². The third-order valence-electron chi connectivity index (χ3n) is 3.95. The van der Waals surface area contributed by atoms with Crippen LogP contribution in [0.4, 0.5) is 0 Å². The predicted octanol–water partition coefficient (Wildman–Crippen LogP) is 1.55. The Hall–Kier alpha value is -0.160. The predicted molar refractivity (Wildman–Crippen MR) is 77.1 cm³/mol. The number of rotatable bonds is 8. The molecule has 19 heavy (non-hydrogen) atoms. The Morgan fingerprint density at radius 2 is 2.00 bits per heavy atom. The van der Waals surface area contributed by atoms with Crippen molar-refractivity contribution in [2.24, 2.45) is 11.3 Å². The highest BCUT2D eigenvalue weighted by atomic mass is 16.5. The van der Waals surface area contributed by atoms with Crippen LogP contribution in [-0.2, 0) is 4.74 Å². The Labute approximate surface area is 117 Å². The van der Waals surface area contributed by atoms with Gasteiger partial charge in [0.15, 0.2) is 0 Å². The van der Waals surface area contributed by atoms with Crippen molar-refractivity contribution < 1.29 is 14.9 Å². The molecule has 1 fully saturated rings.